The van der Waals surface area contributed by atoms with Gasteiger partial charge >= 0.3 is 0 Å². The molecule has 1 aliphatic heterocycles. The molecule has 2 nitrogen and oxygen atoms in total. The van der Waals surface area contributed by atoms with Crippen LogP contribution in [0.2, 0.25) is 0 Å². The third-order valence-electron chi connectivity index (χ3n) is 2.66. The quantitative estimate of drug-likeness (QED) is 0.674. The molecule has 0 fully saturated rings. The Balaban J connectivity index is 2.60. The topological polar surface area (TPSA) is 20.3 Å². The molecule has 0 aliphatic carbocycles. The van der Waals surface area contributed by atoms with Crippen molar-refractivity contribution >= 4 is 34.2 Å². The van der Waals surface area contributed by atoms with Crippen molar-refractivity contribution in [2.45, 2.75) is 19.8 Å². The van der Waals surface area contributed by atoms with Crippen LogP contribution in [0.5, 0.6) is 0 Å². The van der Waals surface area contributed by atoms with E-state index in [0.717, 1.165) is 12.1 Å². The highest BCUT2D eigenvalue weighted by Gasteiger charge is 2.22. The van der Waals surface area contributed by atoms with Crippen molar-refractivity contribution in [1.82, 2.24) is 0 Å². The minimum Gasteiger partial charge on any atom is -0.315 e. The summed E-state index contributed by atoms with van der Waals surface area (Å²) in [6, 6.07) is 4.29. The average molecular weight is 301 g/mol. The highest BCUT2D eigenvalue weighted by atomic mass is 127. The van der Waals surface area contributed by atoms with E-state index in [1.807, 2.05) is 7.05 Å². The Kier molecular flexibility index (Phi) is 2.51. The van der Waals surface area contributed by atoms with Gasteiger partial charge in [-0.2, -0.15) is 0 Å². The third-order valence-corrected chi connectivity index (χ3v) is 3.28. The van der Waals surface area contributed by atoms with Gasteiger partial charge in [-0.05, 0) is 59.2 Å². The lowest BCUT2D eigenvalue weighted by Crippen LogP contribution is -2.31. The van der Waals surface area contributed by atoms with E-state index in [-0.39, 0.29) is 5.91 Å². The van der Waals surface area contributed by atoms with Gasteiger partial charge in [0.2, 0.25) is 5.91 Å². The smallest absolute Gasteiger partial charge is 0.227 e. The Morgan fingerprint density at radius 3 is 2.79 bits per heavy atom. The maximum Gasteiger partial charge on any atom is 0.227 e. The van der Waals surface area contributed by atoms with Crippen LogP contribution in [0.1, 0.15) is 17.5 Å². The van der Waals surface area contributed by atoms with E-state index in [9.17, 15) is 4.79 Å². The van der Waals surface area contributed by atoms with Crippen LogP contribution in [-0.4, -0.2) is 13.0 Å². The van der Waals surface area contributed by atoms with E-state index in [1.54, 1.807) is 4.90 Å². The van der Waals surface area contributed by atoms with Crippen molar-refractivity contribution in [3.05, 3.63) is 26.8 Å². The second-order valence-electron chi connectivity index (χ2n) is 3.68. The summed E-state index contributed by atoms with van der Waals surface area (Å²) in [5, 5.41) is 0. The largest absolute Gasteiger partial charge is 0.315 e. The maximum absolute atomic E-state index is 11.5. The van der Waals surface area contributed by atoms with Crippen molar-refractivity contribution in [3.63, 3.8) is 0 Å². The number of amides is 1. The number of nitrogens with zero attached hydrogens (tertiary/aromatic N) is 1. The number of anilines is 1. The summed E-state index contributed by atoms with van der Waals surface area (Å²) >= 11 is 2.32. The lowest BCUT2D eigenvalue weighted by atomic mass is 9.98. The molecule has 1 aliphatic rings. The van der Waals surface area contributed by atoms with Crippen molar-refractivity contribution < 1.29 is 4.79 Å². The van der Waals surface area contributed by atoms with Crippen molar-refractivity contribution in [3.8, 4) is 0 Å². The fourth-order valence-corrected chi connectivity index (χ4v) is 2.85. The molecule has 74 valence electrons. The summed E-state index contributed by atoms with van der Waals surface area (Å²) < 4.78 is 1.25. The van der Waals surface area contributed by atoms with Crippen LogP contribution in [0.15, 0.2) is 12.1 Å². The number of carbonyl (C=O) groups excluding carboxylic acids is 1. The van der Waals surface area contributed by atoms with Crippen molar-refractivity contribution in [1.29, 1.82) is 0 Å². The first-order valence-electron chi connectivity index (χ1n) is 4.65. The van der Waals surface area contributed by atoms with Gasteiger partial charge in [-0.25, -0.2) is 0 Å². The molecule has 0 unspecified atom stereocenters. The van der Waals surface area contributed by atoms with Crippen molar-refractivity contribution in [2.75, 3.05) is 11.9 Å². The van der Waals surface area contributed by atoms with Gasteiger partial charge in [0, 0.05) is 22.7 Å². The molecule has 0 N–H and O–H groups in total. The second-order valence-corrected chi connectivity index (χ2v) is 4.93. The lowest BCUT2D eigenvalue weighted by molar-refractivity contribution is -0.118. The Hall–Kier alpha value is -0.580. The molecule has 2 rings (SSSR count). The molecule has 0 saturated heterocycles. The van der Waals surface area contributed by atoms with E-state index in [4.69, 9.17) is 0 Å². The number of carbonyl (C=O) groups is 1. The summed E-state index contributed by atoms with van der Waals surface area (Å²) in [6.45, 7) is 2.07. The van der Waals surface area contributed by atoms with Gasteiger partial charge in [0.05, 0.1) is 0 Å². The summed E-state index contributed by atoms with van der Waals surface area (Å²) in [4.78, 5) is 13.3. The first-order chi connectivity index (χ1) is 6.59. The maximum atomic E-state index is 11.5. The normalized spacial score (nSPS) is 15.6. The molecule has 0 bridgehead atoms. The molecule has 1 aromatic rings. The molecular weight excluding hydrogens is 289 g/mol. The van der Waals surface area contributed by atoms with E-state index >= 15 is 0 Å². The van der Waals surface area contributed by atoms with Gasteiger partial charge in [0.1, 0.15) is 0 Å². The Morgan fingerprint density at radius 1 is 1.36 bits per heavy atom. The first-order valence-corrected chi connectivity index (χ1v) is 5.73. The highest BCUT2D eigenvalue weighted by Crippen LogP contribution is 2.31. The van der Waals surface area contributed by atoms with Crippen LogP contribution in [0, 0.1) is 10.5 Å². The second kappa shape index (κ2) is 3.53. The molecule has 0 atom stereocenters. The Morgan fingerprint density at radius 2 is 2.07 bits per heavy atom. The van der Waals surface area contributed by atoms with Gasteiger partial charge < -0.3 is 4.90 Å². The van der Waals surface area contributed by atoms with Crippen LogP contribution in [-0.2, 0) is 11.2 Å². The number of fused-ring (bicyclic) bond motifs is 1. The number of rotatable bonds is 0. The third kappa shape index (κ3) is 1.54. The number of hydrogen-bond acceptors (Lipinski definition) is 1. The van der Waals surface area contributed by atoms with E-state index in [2.05, 4.69) is 41.6 Å². The van der Waals surface area contributed by atoms with Crippen LogP contribution in [0.3, 0.4) is 0 Å². The molecule has 14 heavy (non-hydrogen) atoms. The van der Waals surface area contributed by atoms with Crippen molar-refractivity contribution in [2.24, 2.45) is 0 Å². The van der Waals surface area contributed by atoms with Crippen LogP contribution < -0.4 is 4.90 Å². The fraction of sp³-hybridized carbons (Fsp3) is 0.364. The molecule has 0 saturated carbocycles. The fourth-order valence-electron chi connectivity index (χ4n) is 2.01. The number of benzene rings is 1. The summed E-state index contributed by atoms with van der Waals surface area (Å²) in [6.07, 6.45) is 1.53. The number of halogens is 1. The Bertz CT molecular complexity index is 401. The van der Waals surface area contributed by atoms with Gasteiger partial charge in [-0.1, -0.05) is 0 Å². The predicted molar refractivity (Wildman–Crippen MR) is 65.6 cm³/mol. The van der Waals surface area contributed by atoms with E-state index in [1.165, 1.54) is 14.7 Å². The number of hydrogen-bond donors (Lipinski definition) is 0. The standard InChI is InChI=1S/C11H12INO/c1-7-5-9(12)6-8-3-4-10(14)13(2)11(7)8/h5-6H,3-4H2,1-2H3. The monoisotopic (exact) mass is 301 g/mol. The molecule has 0 aromatic heterocycles. The minimum atomic E-state index is 0.224. The van der Waals surface area contributed by atoms with Crippen LogP contribution in [0.4, 0.5) is 5.69 Å². The van der Waals surface area contributed by atoms with Gasteiger partial charge in [-0.3, -0.25) is 4.79 Å². The molecular formula is C11H12INO. The molecule has 1 aromatic carbocycles. The van der Waals surface area contributed by atoms with E-state index in [0.29, 0.717) is 6.42 Å². The highest BCUT2D eigenvalue weighted by molar-refractivity contribution is 14.1. The zero-order valence-electron chi connectivity index (χ0n) is 8.30. The predicted octanol–water partition coefficient (Wildman–Crippen LogP) is 2.51. The number of aryl methyl sites for hydroxylation is 2. The van der Waals surface area contributed by atoms with E-state index < -0.39 is 0 Å². The van der Waals surface area contributed by atoms with Gasteiger partial charge in [0.15, 0.2) is 0 Å². The molecule has 3 heteroatoms. The average Bonchev–Trinajstić information content (AvgIpc) is 2.10. The molecule has 1 heterocycles. The van der Waals surface area contributed by atoms with Gasteiger partial charge in [-0.15, -0.1) is 0 Å². The Labute approximate surface area is 97.4 Å². The zero-order valence-corrected chi connectivity index (χ0v) is 10.5. The minimum absolute atomic E-state index is 0.224. The zero-order chi connectivity index (χ0) is 10.3. The molecule has 0 radical (unpaired) electrons. The SMILES string of the molecule is Cc1cc(I)cc2c1N(C)C(=O)CC2. The van der Waals surface area contributed by atoms with Crippen LogP contribution in [0.25, 0.3) is 0 Å². The lowest BCUT2D eigenvalue weighted by Gasteiger charge is -2.27. The molecule has 1 amide bonds. The summed E-state index contributed by atoms with van der Waals surface area (Å²) in [5.41, 5.74) is 3.61. The summed E-state index contributed by atoms with van der Waals surface area (Å²) in [7, 11) is 1.86. The van der Waals surface area contributed by atoms with Gasteiger partial charge in [0.25, 0.3) is 0 Å². The summed E-state index contributed by atoms with van der Waals surface area (Å²) in [5.74, 6) is 0.224. The molecule has 0 spiro atoms. The first kappa shape index (κ1) is 9.96. The van der Waals surface area contributed by atoms with Crippen LogP contribution >= 0.6 is 22.6 Å².